The normalized spacial score (nSPS) is 11.7. The van der Waals surface area contributed by atoms with Crippen LogP contribution in [-0.2, 0) is 28.6 Å². The van der Waals surface area contributed by atoms with Gasteiger partial charge in [0.2, 0.25) is 0 Å². The Labute approximate surface area is 392 Å². The third kappa shape index (κ3) is 50.7. The lowest BCUT2D eigenvalue weighted by Crippen LogP contribution is -2.30. The van der Waals surface area contributed by atoms with E-state index in [0.717, 1.165) is 70.6 Å². The highest BCUT2D eigenvalue weighted by molar-refractivity contribution is 5.71. The van der Waals surface area contributed by atoms with Gasteiger partial charge in [0, 0.05) is 19.3 Å². The fraction of sp³-hybridized carbons (Fsp3) is 0.877. The lowest BCUT2D eigenvalue weighted by atomic mass is 10.0. The zero-order valence-electron chi connectivity index (χ0n) is 42.4. The molecule has 0 saturated heterocycles. The van der Waals surface area contributed by atoms with Gasteiger partial charge in [-0.05, 0) is 70.6 Å². The average Bonchev–Trinajstić information content (AvgIpc) is 3.28. The number of rotatable bonds is 51. The maximum absolute atomic E-state index is 12.8. The SMILES string of the molecule is CCCCCCCC/C=C\CCCCCCCC(=O)OCC(COC(=O)CCCCCCC/C=C\CCCCCCCC)OC(=O)CCCCCCCCCCCCCCCCC. The van der Waals surface area contributed by atoms with Gasteiger partial charge in [-0.25, -0.2) is 0 Å². The second-order valence-corrected chi connectivity index (χ2v) is 18.8. The van der Waals surface area contributed by atoms with Gasteiger partial charge >= 0.3 is 17.9 Å². The van der Waals surface area contributed by atoms with Crippen molar-refractivity contribution in [2.75, 3.05) is 13.2 Å². The van der Waals surface area contributed by atoms with Gasteiger partial charge in [0.15, 0.2) is 6.10 Å². The molecule has 0 atom stereocenters. The molecule has 0 radical (unpaired) electrons. The van der Waals surface area contributed by atoms with Crippen LogP contribution in [0.5, 0.6) is 0 Å². The summed E-state index contributed by atoms with van der Waals surface area (Å²) in [6.45, 7) is 6.65. The van der Waals surface area contributed by atoms with Crippen LogP contribution in [0, 0.1) is 0 Å². The predicted molar refractivity (Wildman–Crippen MR) is 270 cm³/mol. The van der Waals surface area contributed by atoms with Crippen LogP contribution in [-0.4, -0.2) is 37.2 Å². The minimum absolute atomic E-state index is 0.0742. The van der Waals surface area contributed by atoms with E-state index in [1.165, 1.54) is 193 Å². The third-order valence-electron chi connectivity index (χ3n) is 12.4. The van der Waals surface area contributed by atoms with Crippen molar-refractivity contribution in [2.24, 2.45) is 0 Å². The molecular weight excluding hydrogens is 781 g/mol. The van der Waals surface area contributed by atoms with E-state index in [0.29, 0.717) is 19.3 Å². The molecule has 0 spiro atoms. The summed E-state index contributed by atoms with van der Waals surface area (Å²) in [5.41, 5.74) is 0. The largest absolute Gasteiger partial charge is 0.462 e. The Hall–Kier alpha value is -2.11. The first-order chi connectivity index (χ1) is 31.0. The average molecular weight is 887 g/mol. The van der Waals surface area contributed by atoms with Crippen molar-refractivity contribution in [2.45, 2.75) is 309 Å². The molecule has 0 rings (SSSR count). The summed E-state index contributed by atoms with van der Waals surface area (Å²) in [6, 6.07) is 0. The number of unbranched alkanes of at least 4 members (excludes halogenated alkanes) is 36. The summed E-state index contributed by atoms with van der Waals surface area (Å²) in [5.74, 6) is -0.872. The van der Waals surface area contributed by atoms with Gasteiger partial charge in [-0.3, -0.25) is 14.4 Å². The Balaban J connectivity index is 4.36. The van der Waals surface area contributed by atoms with Crippen LogP contribution < -0.4 is 0 Å². The monoisotopic (exact) mass is 887 g/mol. The van der Waals surface area contributed by atoms with Gasteiger partial charge in [0.25, 0.3) is 0 Å². The summed E-state index contributed by atoms with van der Waals surface area (Å²) >= 11 is 0. The number of carbonyl (C=O) groups is 3. The molecule has 0 fully saturated rings. The van der Waals surface area contributed by atoms with E-state index in [-0.39, 0.29) is 31.1 Å². The Kier molecular flexibility index (Phi) is 50.8. The lowest BCUT2D eigenvalue weighted by molar-refractivity contribution is -0.167. The highest BCUT2D eigenvalue weighted by Gasteiger charge is 2.19. The number of esters is 3. The highest BCUT2D eigenvalue weighted by Crippen LogP contribution is 2.16. The summed E-state index contributed by atoms with van der Waals surface area (Å²) < 4.78 is 16.8. The standard InChI is InChI=1S/C57H106O6/c1-4-7-10-13-16-19-22-25-28-31-34-37-40-43-46-49-55(58)61-52-54(63-57(60)51-48-45-42-39-36-33-30-27-24-21-18-15-12-9-6-3)53-62-56(59)50-47-44-41-38-35-32-29-26-23-20-17-14-11-8-5-2/h25-26,28-29,54H,4-24,27,30-53H2,1-3H3/b28-25-,29-26-. The number of hydrogen-bond donors (Lipinski definition) is 0. The second-order valence-electron chi connectivity index (χ2n) is 18.8. The van der Waals surface area contributed by atoms with E-state index in [9.17, 15) is 14.4 Å². The van der Waals surface area contributed by atoms with E-state index in [2.05, 4.69) is 45.1 Å². The van der Waals surface area contributed by atoms with Crippen molar-refractivity contribution < 1.29 is 28.6 Å². The quantitative estimate of drug-likeness (QED) is 0.0262. The molecule has 0 amide bonds. The van der Waals surface area contributed by atoms with Crippen molar-refractivity contribution in [1.82, 2.24) is 0 Å². The molecule has 0 aliphatic heterocycles. The van der Waals surface area contributed by atoms with Crippen LogP contribution in [0.2, 0.25) is 0 Å². The Morgan fingerprint density at radius 2 is 0.524 bits per heavy atom. The topological polar surface area (TPSA) is 78.9 Å². The number of ether oxygens (including phenoxy) is 3. The first kappa shape index (κ1) is 60.9. The van der Waals surface area contributed by atoms with Crippen molar-refractivity contribution in [3.63, 3.8) is 0 Å². The highest BCUT2D eigenvalue weighted by atomic mass is 16.6. The molecule has 63 heavy (non-hydrogen) atoms. The smallest absolute Gasteiger partial charge is 0.306 e. The van der Waals surface area contributed by atoms with Crippen molar-refractivity contribution in [3.8, 4) is 0 Å². The molecule has 6 heteroatoms. The third-order valence-corrected chi connectivity index (χ3v) is 12.4. The molecule has 6 nitrogen and oxygen atoms in total. The Morgan fingerprint density at radius 1 is 0.302 bits per heavy atom. The molecule has 0 saturated carbocycles. The van der Waals surface area contributed by atoms with E-state index in [1.807, 2.05) is 0 Å². The van der Waals surface area contributed by atoms with Gasteiger partial charge in [-0.15, -0.1) is 0 Å². The van der Waals surface area contributed by atoms with Gasteiger partial charge in [0.05, 0.1) is 0 Å². The summed E-state index contributed by atoms with van der Waals surface area (Å²) in [5, 5.41) is 0. The van der Waals surface area contributed by atoms with Gasteiger partial charge in [-0.1, -0.05) is 238 Å². The van der Waals surface area contributed by atoms with Crippen LogP contribution in [0.3, 0.4) is 0 Å². The molecule has 0 aromatic rings. The van der Waals surface area contributed by atoms with Gasteiger partial charge in [-0.2, -0.15) is 0 Å². The van der Waals surface area contributed by atoms with E-state index in [1.54, 1.807) is 0 Å². The van der Waals surface area contributed by atoms with Crippen LogP contribution in [0.25, 0.3) is 0 Å². The predicted octanol–water partition coefficient (Wildman–Crippen LogP) is 18.3. The molecule has 0 aromatic carbocycles. The van der Waals surface area contributed by atoms with Crippen LogP contribution in [0.1, 0.15) is 303 Å². The molecule has 0 aliphatic rings. The van der Waals surface area contributed by atoms with Crippen LogP contribution in [0.4, 0.5) is 0 Å². The van der Waals surface area contributed by atoms with Gasteiger partial charge < -0.3 is 14.2 Å². The van der Waals surface area contributed by atoms with Crippen molar-refractivity contribution in [3.05, 3.63) is 24.3 Å². The fourth-order valence-electron chi connectivity index (χ4n) is 8.20. The number of carbonyl (C=O) groups excluding carboxylic acids is 3. The molecular formula is C57H106O6. The molecule has 0 bridgehead atoms. The van der Waals surface area contributed by atoms with E-state index >= 15 is 0 Å². The van der Waals surface area contributed by atoms with Gasteiger partial charge in [0.1, 0.15) is 13.2 Å². The molecule has 0 heterocycles. The first-order valence-electron chi connectivity index (χ1n) is 27.8. The molecule has 0 aromatic heterocycles. The maximum atomic E-state index is 12.8. The molecule has 0 unspecified atom stereocenters. The van der Waals surface area contributed by atoms with Crippen molar-refractivity contribution in [1.29, 1.82) is 0 Å². The number of allylic oxidation sites excluding steroid dienone is 4. The number of hydrogen-bond acceptors (Lipinski definition) is 6. The minimum atomic E-state index is -0.773. The minimum Gasteiger partial charge on any atom is -0.462 e. The second kappa shape index (κ2) is 52.5. The molecule has 370 valence electrons. The van der Waals surface area contributed by atoms with E-state index < -0.39 is 6.10 Å². The lowest BCUT2D eigenvalue weighted by Gasteiger charge is -2.18. The summed E-state index contributed by atoms with van der Waals surface area (Å²) in [4.78, 5) is 38.1. The summed E-state index contributed by atoms with van der Waals surface area (Å²) in [7, 11) is 0. The van der Waals surface area contributed by atoms with Crippen LogP contribution in [0.15, 0.2) is 24.3 Å². The maximum Gasteiger partial charge on any atom is 0.306 e. The Bertz CT molecular complexity index is 964. The molecule has 0 N–H and O–H groups in total. The zero-order valence-corrected chi connectivity index (χ0v) is 42.4. The summed E-state index contributed by atoms with van der Waals surface area (Å²) in [6.07, 6.45) is 60.2. The fourth-order valence-corrected chi connectivity index (χ4v) is 8.20. The zero-order chi connectivity index (χ0) is 45.8. The molecule has 0 aliphatic carbocycles. The Morgan fingerprint density at radius 3 is 0.794 bits per heavy atom. The van der Waals surface area contributed by atoms with E-state index in [4.69, 9.17) is 14.2 Å². The first-order valence-corrected chi connectivity index (χ1v) is 27.8. The van der Waals surface area contributed by atoms with Crippen molar-refractivity contribution >= 4 is 17.9 Å². The van der Waals surface area contributed by atoms with Crippen LogP contribution >= 0.6 is 0 Å².